The lowest BCUT2D eigenvalue weighted by molar-refractivity contribution is 0.0529. The Kier molecular flexibility index (Phi) is 5.10. The van der Waals surface area contributed by atoms with Gasteiger partial charge in [0.25, 0.3) is 5.91 Å². The van der Waals surface area contributed by atoms with Gasteiger partial charge in [-0.15, -0.1) is 0 Å². The van der Waals surface area contributed by atoms with Crippen molar-refractivity contribution in [2.75, 3.05) is 11.9 Å². The summed E-state index contributed by atoms with van der Waals surface area (Å²) in [6.45, 7) is 3.83. The van der Waals surface area contributed by atoms with Crippen LogP contribution >= 0.6 is 0 Å². The maximum Gasteiger partial charge on any atom is 0.344 e. The van der Waals surface area contributed by atoms with Gasteiger partial charge in [-0.25, -0.2) is 14.8 Å². The molecule has 0 bridgehead atoms. The van der Waals surface area contributed by atoms with Crippen LogP contribution in [0.2, 0.25) is 0 Å². The predicted molar refractivity (Wildman–Crippen MR) is 124 cm³/mol. The zero-order chi connectivity index (χ0) is 22.9. The maximum absolute atomic E-state index is 13.1. The molecule has 0 saturated heterocycles. The van der Waals surface area contributed by atoms with E-state index in [1.165, 1.54) is 6.26 Å². The molecule has 0 radical (unpaired) electrons. The number of benzene rings is 2. The van der Waals surface area contributed by atoms with Gasteiger partial charge in [-0.1, -0.05) is 30.3 Å². The minimum Gasteiger partial charge on any atom is -0.462 e. The highest BCUT2D eigenvalue weighted by Gasteiger charge is 2.29. The van der Waals surface area contributed by atoms with Gasteiger partial charge in [-0.05, 0) is 49.7 Å². The summed E-state index contributed by atoms with van der Waals surface area (Å²) in [7, 11) is 0. The number of furan rings is 1. The molecule has 1 N–H and O–H groups in total. The van der Waals surface area contributed by atoms with Gasteiger partial charge in [-0.3, -0.25) is 9.36 Å². The second-order valence-corrected chi connectivity index (χ2v) is 7.38. The molecule has 0 unspecified atom stereocenters. The Balaban J connectivity index is 1.87. The highest BCUT2D eigenvalue weighted by Crippen LogP contribution is 2.34. The largest absolute Gasteiger partial charge is 0.462 e. The fourth-order valence-electron chi connectivity index (χ4n) is 3.78. The molecule has 0 atom stereocenters. The maximum atomic E-state index is 13.1. The molecule has 5 aromatic rings. The fraction of sp³-hybridized carbons (Fsp3) is 0.120. The third kappa shape index (κ3) is 3.51. The van der Waals surface area contributed by atoms with E-state index in [4.69, 9.17) is 19.1 Å². The second kappa shape index (κ2) is 8.23. The van der Waals surface area contributed by atoms with E-state index < -0.39 is 11.9 Å². The predicted octanol–water partition coefficient (Wildman–Crippen LogP) is 4.90. The van der Waals surface area contributed by atoms with E-state index in [1.54, 1.807) is 23.6 Å². The molecule has 0 aliphatic heterocycles. The lowest BCUT2D eigenvalue weighted by Gasteiger charge is -2.14. The Labute approximate surface area is 188 Å². The van der Waals surface area contributed by atoms with Gasteiger partial charge in [0.05, 0.1) is 29.6 Å². The Morgan fingerprint density at radius 1 is 1.00 bits per heavy atom. The van der Waals surface area contributed by atoms with E-state index >= 15 is 0 Å². The number of amides is 1. The first kappa shape index (κ1) is 20.4. The number of nitrogens with zero attached hydrogens (tertiary/aromatic N) is 3. The number of aryl methyl sites for hydroxylation is 1. The van der Waals surface area contributed by atoms with E-state index in [2.05, 4.69) is 5.32 Å². The average molecular weight is 440 g/mol. The van der Waals surface area contributed by atoms with Crippen molar-refractivity contribution in [2.24, 2.45) is 0 Å². The smallest absolute Gasteiger partial charge is 0.344 e. The molecule has 0 spiro atoms. The number of hydrogen-bond donors (Lipinski definition) is 1. The minimum atomic E-state index is -0.603. The van der Waals surface area contributed by atoms with Crippen LogP contribution in [0.15, 0.2) is 71.3 Å². The van der Waals surface area contributed by atoms with E-state index in [9.17, 15) is 9.59 Å². The molecule has 0 saturated carbocycles. The van der Waals surface area contributed by atoms with E-state index in [1.807, 2.05) is 55.5 Å². The van der Waals surface area contributed by atoms with Crippen molar-refractivity contribution in [2.45, 2.75) is 13.8 Å². The minimum absolute atomic E-state index is 0.109. The van der Waals surface area contributed by atoms with Crippen LogP contribution in [0.4, 0.5) is 5.82 Å². The molecule has 8 nitrogen and oxygen atoms in total. The molecule has 2 aromatic carbocycles. The van der Waals surface area contributed by atoms with Crippen molar-refractivity contribution in [1.82, 2.24) is 14.5 Å². The number of aromatic nitrogens is 3. The molecule has 33 heavy (non-hydrogen) atoms. The monoisotopic (exact) mass is 440 g/mol. The van der Waals surface area contributed by atoms with Crippen molar-refractivity contribution in [3.8, 4) is 5.69 Å². The molecule has 8 heteroatoms. The van der Waals surface area contributed by atoms with Crippen LogP contribution in [-0.4, -0.2) is 33.0 Å². The molecule has 3 aromatic heterocycles. The van der Waals surface area contributed by atoms with Crippen LogP contribution in [0, 0.1) is 6.92 Å². The standard InChI is InChI=1S/C25H20N4O4/c1-3-32-25(31)20-21-23(27-17-11-6-5-10-16(17)26-21)29(18-12-7-4-9-15(18)2)22(20)28-24(30)19-13-8-14-33-19/h4-14H,3H2,1-2H3,(H,28,30). The molecule has 0 fully saturated rings. The number of ether oxygens (including phenoxy) is 1. The van der Waals surface area contributed by atoms with E-state index in [0.717, 1.165) is 11.3 Å². The summed E-state index contributed by atoms with van der Waals surface area (Å²) in [5.41, 5.74) is 3.86. The summed E-state index contributed by atoms with van der Waals surface area (Å²) < 4.78 is 12.3. The van der Waals surface area contributed by atoms with Crippen LogP contribution in [0.25, 0.3) is 27.9 Å². The number of carbonyl (C=O) groups is 2. The van der Waals surface area contributed by atoms with Crippen molar-refractivity contribution in [1.29, 1.82) is 0 Å². The molecule has 3 heterocycles. The van der Waals surface area contributed by atoms with Crippen molar-refractivity contribution in [3.05, 3.63) is 83.8 Å². The Morgan fingerprint density at radius 3 is 2.42 bits per heavy atom. The zero-order valence-electron chi connectivity index (χ0n) is 18.0. The third-order valence-corrected chi connectivity index (χ3v) is 5.27. The third-order valence-electron chi connectivity index (χ3n) is 5.27. The first-order valence-corrected chi connectivity index (χ1v) is 10.5. The quantitative estimate of drug-likeness (QED) is 0.390. The van der Waals surface area contributed by atoms with Crippen molar-refractivity contribution in [3.63, 3.8) is 0 Å². The summed E-state index contributed by atoms with van der Waals surface area (Å²) in [6.07, 6.45) is 1.41. The molecule has 5 rings (SSSR count). The Morgan fingerprint density at radius 2 is 1.73 bits per heavy atom. The van der Waals surface area contributed by atoms with Crippen LogP contribution in [0.3, 0.4) is 0 Å². The number of rotatable bonds is 5. The second-order valence-electron chi connectivity index (χ2n) is 7.38. The normalized spacial score (nSPS) is 11.1. The molecular weight excluding hydrogens is 420 g/mol. The SMILES string of the molecule is CCOC(=O)c1c(NC(=O)c2ccco2)n(-c2ccccc2C)c2nc3ccccc3nc12. The first-order chi connectivity index (χ1) is 16.1. The van der Waals surface area contributed by atoms with Gasteiger partial charge < -0.3 is 14.5 Å². The molecule has 164 valence electrons. The van der Waals surface area contributed by atoms with Crippen molar-refractivity contribution < 1.29 is 18.7 Å². The number of esters is 1. The molecule has 1 amide bonds. The van der Waals surface area contributed by atoms with Gasteiger partial charge in [-0.2, -0.15) is 0 Å². The molecule has 0 aliphatic rings. The topological polar surface area (TPSA) is 99.2 Å². The van der Waals surface area contributed by atoms with Crippen LogP contribution in [0.5, 0.6) is 0 Å². The molecule has 0 aliphatic carbocycles. The number of carbonyl (C=O) groups excluding carboxylic acids is 2. The number of anilines is 1. The summed E-state index contributed by atoms with van der Waals surface area (Å²) in [6, 6.07) is 18.2. The van der Waals surface area contributed by atoms with Crippen LogP contribution in [-0.2, 0) is 4.74 Å². The van der Waals surface area contributed by atoms with E-state index in [0.29, 0.717) is 22.2 Å². The van der Waals surface area contributed by atoms with Gasteiger partial charge in [0.2, 0.25) is 0 Å². The number of fused-ring (bicyclic) bond motifs is 2. The molecular formula is C25H20N4O4. The van der Waals surface area contributed by atoms with Gasteiger partial charge in [0.15, 0.2) is 11.4 Å². The summed E-state index contributed by atoms with van der Waals surface area (Å²) in [4.78, 5) is 35.6. The number of nitrogens with one attached hydrogen (secondary N) is 1. The average Bonchev–Trinajstić information content (AvgIpc) is 3.45. The van der Waals surface area contributed by atoms with E-state index in [-0.39, 0.29) is 23.7 Å². The van der Waals surface area contributed by atoms with Crippen LogP contribution < -0.4 is 5.32 Å². The van der Waals surface area contributed by atoms with Crippen LogP contribution in [0.1, 0.15) is 33.4 Å². The highest BCUT2D eigenvalue weighted by molar-refractivity contribution is 6.13. The number of para-hydroxylation sites is 3. The summed E-state index contributed by atoms with van der Waals surface area (Å²) >= 11 is 0. The van der Waals surface area contributed by atoms with Gasteiger partial charge >= 0.3 is 5.97 Å². The Hall–Kier alpha value is -4.46. The highest BCUT2D eigenvalue weighted by atomic mass is 16.5. The lowest BCUT2D eigenvalue weighted by atomic mass is 10.2. The van der Waals surface area contributed by atoms with Gasteiger partial charge in [0.1, 0.15) is 16.9 Å². The summed E-state index contributed by atoms with van der Waals surface area (Å²) in [5, 5.41) is 2.84. The summed E-state index contributed by atoms with van der Waals surface area (Å²) in [5.74, 6) is -0.783. The van der Waals surface area contributed by atoms with Gasteiger partial charge in [0, 0.05) is 0 Å². The number of hydrogen-bond acceptors (Lipinski definition) is 6. The Bertz CT molecular complexity index is 1500. The zero-order valence-corrected chi connectivity index (χ0v) is 18.0. The fourth-order valence-corrected chi connectivity index (χ4v) is 3.78. The first-order valence-electron chi connectivity index (χ1n) is 10.5. The van der Waals surface area contributed by atoms with Crippen molar-refractivity contribution >= 4 is 39.9 Å². The lowest BCUT2D eigenvalue weighted by Crippen LogP contribution is -2.17.